The van der Waals surface area contributed by atoms with E-state index < -0.39 is 0 Å². The van der Waals surface area contributed by atoms with Gasteiger partial charge >= 0.3 is 0 Å². The van der Waals surface area contributed by atoms with Gasteiger partial charge in [0.15, 0.2) is 0 Å². The van der Waals surface area contributed by atoms with Gasteiger partial charge in [-0.05, 0) is 26.3 Å². The SMILES string of the molecule is C=CC(=O)NC(C)CC(C)O. The van der Waals surface area contributed by atoms with E-state index in [0.29, 0.717) is 6.42 Å². The van der Waals surface area contributed by atoms with Gasteiger partial charge in [0.25, 0.3) is 0 Å². The van der Waals surface area contributed by atoms with E-state index in [4.69, 9.17) is 5.11 Å². The average molecular weight is 157 g/mol. The average Bonchev–Trinajstić information content (AvgIpc) is 1.85. The molecule has 0 aliphatic heterocycles. The second-order valence-electron chi connectivity index (χ2n) is 2.70. The van der Waals surface area contributed by atoms with Crippen LogP contribution in [-0.2, 0) is 4.79 Å². The monoisotopic (exact) mass is 157 g/mol. The van der Waals surface area contributed by atoms with Crippen LogP contribution in [0.2, 0.25) is 0 Å². The second kappa shape index (κ2) is 4.91. The van der Waals surface area contributed by atoms with Gasteiger partial charge in [0.2, 0.25) is 5.91 Å². The fourth-order valence-corrected chi connectivity index (χ4v) is 0.872. The zero-order valence-corrected chi connectivity index (χ0v) is 7.00. The Morgan fingerprint density at radius 2 is 2.27 bits per heavy atom. The molecule has 0 rings (SSSR count). The molecule has 0 aromatic rings. The molecule has 0 spiro atoms. The minimum Gasteiger partial charge on any atom is -0.393 e. The molecule has 64 valence electrons. The Labute approximate surface area is 67.1 Å². The van der Waals surface area contributed by atoms with E-state index in [-0.39, 0.29) is 18.1 Å². The number of hydrogen-bond donors (Lipinski definition) is 2. The highest BCUT2D eigenvalue weighted by atomic mass is 16.3. The summed E-state index contributed by atoms with van der Waals surface area (Å²) in [6, 6.07) is 0.000463. The van der Waals surface area contributed by atoms with Crippen LogP contribution in [0.3, 0.4) is 0 Å². The van der Waals surface area contributed by atoms with Gasteiger partial charge in [0.1, 0.15) is 0 Å². The Bertz CT molecular complexity index is 143. The van der Waals surface area contributed by atoms with Gasteiger partial charge in [-0.1, -0.05) is 6.58 Å². The van der Waals surface area contributed by atoms with Crippen molar-refractivity contribution in [1.82, 2.24) is 5.32 Å². The standard InChI is InChI=1S/C8H15NO2/c1-4-8(11)9-6(2)5-7(3)10/h4,6-7,10H,1,5H2,2-3H3,(H,9,11). The number of carbonyl (C=O) groups is 1. The summed E-state index contributed by atoms with van der Waals surface area (Å²) in [6.45, 7) is 6.85. The molecule has 0 aliphatic rings. The van der Waals surface area contributed by atoms with Crippen molar-refractivity contribution < 1.29 is 9.90 Å². The fraction of sp³-hybridized carbons (Fsp3) is 0.625. The van der Waals surface area contributed by atoms with E-state index in [2.05, 4.69) is 11.9 Å². The number of hydrogen-bond acceptors (Lipinski definition) is 2. The highest BCUT2D eigenvalue weighted by molar-refractivity contribution is 5.87. The largest absolute Gasteiger partial charge is 0.393 e. The van der Waals surface area contributed by atoms with Crippen LogP contribution in [0.15, 0.2) is 12.7 Å². The summed E-state index contributed by atoms with van der Waals surface area (Å²) < 4.78 is 0. The zero-order valence-electron chi connectivity index (χ0n) is 7.00. The van der Waals surface area contributed by atoms with Gasteiger partial charge in [0.05, 0.1) is 6.10 Å². The minimum atomic E-state index is -0.380. The molecule has 0 aliphatic carbocycles. The third kappa shape index (κ3) is 5.61. The summed E-state index contributed by atoms with van der Waals surface area (Å²) in [6.07, 6.45) is 1.41. The number of aliphatic hydroxyl groups is 1. The van der Waals surface area contributed by atoms with Crippen molar-refractivity contribution in [2.24, 2.45) is 0 Å². The van der Waals surface area contributed by atoms with Gasteiger partial charge in [-0.2, -0.15) is 0 Å². The smallest absolute Gasteiger partial charge is 0.243 e. The molecule has 11 heavy (non-hydrogen) atoms. The molecule has 1 amide bonds. The first-order valence-electron chi connectivity index (χ1n) is 3.67. The summed E-state index contributed by atoms with van der Waals surface area (Å²) in [5, 5.41) is 11.6. The lowest BCUT2D eigenvalue weighted by molar-refractivity contribution is -0.117. The van der Waals surface area contributed by atoms with Crippen molar-refractivity contribution in [3.63, 3.8) is 0 Å². The van der Waals surface area contributed by atoms with E-state index in [1.165, 1.54) is 6.08 Å². The maximum Gasteiger partial charge on any atom is 0.243 e. The number of aliphatic hydroxyl groups excluding tert-OH is 1. The molecule has 0 radical (unpaired) electrons. The minimum absolute atomic E-state index is 0.000463. The fourth-order valence-electron chi connectivity index (χ4n) is 0.872. The van der Waals surface area contributed by atoms with Crippen LogP contribution in [0.1, 0.15) is 20.3 Å². The predicted molar refractivity (Wildman–Crippen MR) is 44.1 cm³/mol. The molecule has 0 aromatic carbocycles. The number of carbonyl (C=O) groups excluding carboxylic acids is 1. The Hall–Kier alpha value is -0.830. The number of rotatable bonds is 4. The summed E-state index contributed by atoms with van der Waals surface area (Å²) in [5.74, 6) is -0.196. The van der Waals surface area contributed by atoms with Crippen LogP contribution < -0.4 is 5.32 Å². The molecule has 3 heteroatoms. The second-order valence-corrected chi connectivity index (χ2v) is 2.70. The third-order valence-corrected chi connectivity index (χ3v) is 1.27. The summed E-state index contributed by atoms with van der Waals surface area (Å²) in [7, 11) is 0. The quantitative estimate of drug-likeness (QED) is 0.582. The van der Waals surface area contributed by atoms with Crippen LogP contribution in [0.25, 0.3) is 0 Å². The van der Waals surface area contributed by atoms with Crippen molar-refractivity contribution in [1.29, 1.82) is 0 Å². The van der Waals surface area contributed by atoms with Crippen molar-refractivity contribution in [2.45, 2.75) is 32.4 Å². The highest BCUT2D eigenvalue weighted by Gasteiger charge is 2.06. The van der Waals surface area contributed by atoms with Crippen molar-refractivity contribution in [3.8, 4) is 0 Å². The molecule has 0 saturated heterocycles. The molecule has 3 nitrogen and oxygen atoms in total. The Kier molecular flexibility index (Phi) is 4.54. The molecule has 0 bridgehead atoms. The van der Waals surface area contributed by atoms with Crippen LogP contribution >= 0.6 is 0 Å². The van der Waals surface area contributed by atoms with Crippen LogP contribution in [-0.4, -0.2) is 23.2 Å². The summed E-state index contributed by atoms with van der Waals surface area (Å²) in [5.41, 5.74) is 0. The zero-order chi connectivity index (χ0) is 8.85. The first-order chi connectivity index (χ1) is 5.06. The van der Waals surface area contributed by atoms with E-state index >= 15 is 0 Å². The first kappa shape index (κ1) is 10.2. The van der Waals surface area contributed by atoms with E-state index in [9.17, 15) is 4.79 Å². The van der Waals surface area contributed by atoms with Gasteiger partial charge < -0.3 is 10.4 Å². The molecule has 0 heterocycles. The van der Waals surface area contributed by atoms with Gasteiger partial charge in [-0.15, -0.1) is 0 Å². The topological polar surface area (TPSA) is 49.3 Å². The molecule has 0 aromatic heterocycles. The lowest BCUT2D eigenvalue weighted by atomic mass is 10.1. The van der Waals surface area contributed by atoms with Crippen LogP contribution in [0.4, 0.5) is 0 Å². The summed E-state index contributed by atoms with van der Waals surface area (Å²) in [4.78, 5) is 10.7. The maximum absolute atomic E-state index is 10.7. The Morgan fingerprint density at radius 3 is 2.64 bits per heavy atom. The van der Waals surface area contributed by atoms with Crippen molar-refractivity contribution in [2.75, 3.05) is 0 Å². The molecule has 0 fully saturated rings. The van der Waals surface area contributed by atoms with Crippen molar-refractivity contribution >= 4 is 5.91 Å². The van der Waals surface area contributed by atoms with Gasteiger partial charge in [0, 0.05) is 6.04 Å². The predicted octanol–water partition coefficient (Wildman–Crippen LogP) is 0.448. The summed E-state index contributed by atoms with van der Waals surface area (Å²) >= 11 is 0. The first-order valence-corrected chi connectivity index (χ1v) is 3.67. The van der Waals surface area contributed by atoms with Crippen LogP contribution in [0.5, 0.6) is 0 Å². The molecular formula is C8H15NO2. The molecule has 2 unspecified atom stereocenters. The normalized spacial score (nSPS) is 15.2. The number of nitrogens with one attached hydrogen (secondary N) is 1. The van der Waals surface area contributed by atoms with Gasteiger partial charge in [-0.25, -0.2) is 0 Å². The number of amides is 1. The van der Waals surface area contributed by atoms with Gasteiger partial charge in [-0.3, -0.25) is 4.79 Å². The van der Waals surface area contributed by atoms with E-state index in [1.807, 2.05) is 6.92 Å². The van der Waals surface area contributed by atoms with Crippen LogP contribution in [0, 0.1) is 0 Å². The Balaban J connectivity index is 3.59. The lowest BCUT2D eigenvalue weighted by Gasteiger charge is -2.13. The highest BCUT2D eigenvalue weighted by Crippen LogP contribution is 1.95. The third-order valence-electron chi connectivity index (χ3n) is 1.27. The molecule has 2 atom stereocenters. The van der Waals surface area contributed by atoms with E-state index in [1.54, 1.807) is 6.92 Å². The Morgan fingerprint density at radius 1 is 1.73 bits per heavy atom. The molecular weight excluding hydrogens is 142 g/mol. The molecule has 0 saturated carbocycles. The maximum atomic E-state index is 10.7. The molecule has 2 N–H and O–H groups in total. The van der Waals surface area contributed by atoms with Crippen molar-refractivity contribution in [3.05, 3.63) is 12.7 Å². The van der Waals surface area contributed by atoms with E-state index in [0.717, 1.165) is 0 Å². The lowest BCUT2D eigenvalue weighted by Crippen LogP contribution is -2.33.